The number of aliphatic carboxylic acids is 1. The van der Waals surface area contributed by atoms with Gasteiger partial charge in [0.25, 0.3) is 0 Å². The Hall–Kier alpha value is -1.39. The van der Waals surface area contributed by atoms with Crippen LogP contribution < -0.4 is 5.73 Å². The normalized spacial score (nSPS) is 14.4. The van der Waals surface area contributed by atoms with Gasteiger partial charge in [-0.05, 0) is 5.56 Å². The topological polar surface area (TPSA) is 72.5 Å². The molecule has 0 radical (unpaired) electrons. The average molecular weight is 223 g/mol. The van der Waals surface area contributed by atoms with Crippen molar-refractivity contribution in [2.75, 3.05) is 20.3 Å². The van der Waals surface area contributed by atoms with E-state index < -0.39 is 11.4 Å². The summed E-state index contributed by atoms with van der Waals surface area (Å²) in [5.74, 6) is -0.869. The van der Waals surface area contributed by atoms with E-state index in [-0.39, 0.29) is 13.0 Å². The minimum Gasteiger partial charge on any atom is -0.481 e. The van der Waals surface area contributed by atoms with Gasteiger partial charge >= 0.3 is 5.97 Å². The average Bonchev–Trinajstić information content (AvgIpc) is 2.29. The number of carboxylic acid groups (broad SMARTS) is 1. The molecule has 16 heavy (non-hydrogen) atoms. The monoisotopic (exact) mass is 223 g/mol. The van der Waals surface area contributed by atoms with Crippen LogP contribution in [-0.2, 0) is 14.9 Å². The van der Waals surface area contributed by atoms with Crippen LogP contribution in [0.15, 0.2) is 30.3 Å². The first-order valence-corrected chi connectivity index (χ1v) is 5.11. The Kier molecular flexibility index (Phi) is 4.46. The van der Waals surface area contributed by atoms with Gasteiger partial charge in [-0.3, -0.25) is 4.79 Å². The molecule has 0 heterocycles. The van der Waals surface area contributed by atoms with Crippen molar-refractivity contribution in [3.05, 3.63) is 35.9 Å². The first-order valence-electron chi connectivity index (χ1n) is 5.11. The van der Waals surface area contributed by atoms with Crippen molar-refractivity contribution in [1.29, 1.82) is 0 Å². The van der Waals surface area contributed by atoms with Crippen molar-refractivity contribution in [2.24, 2.45) is 5.73 Å². The highest BCUT2D eigenvalue weighted by Crippen LogP contribution is 2.27. The summed E-state index contributed by atoms with van der Waals surface area (Å²) >= 11 is 0. The number of ether oxygens (including phenoxy) is 1. The fraction of sp³-hybridized carbons (Fsp3) is 0.417. The third kappa shape index (κ3) is 2.81. The van der Waals surface area contributed by atoms with Crippen molar-refractivity contribution < 1.29 is 14.6 Å². The summed E-state index contributed by atoms with van der Waals surface area (Å²) in [4.78, 5) is 10.9. The summed E-state index contributed by atoms with van der Waals surface area (Å²) in [5, 5.41) is 8.96. The van der Waals surface area contributed by atoms with E-state index in [0.717, 1.165) is 5.56 Å². The smallest absolute Gasteiger partial charge is 0.304 e. The lowest BCUT2D eigenvalue weighted by Crippen LogP contribution is -2.41. The molecule has 0 saturated carbocycles. The molecule has 0 bridgehead atoms. The molecule has 1 aromatic carbocycles. The lowest BCUT2D eigenvalue weighted by molar-refractivity contribution is -0.139. The van der Waals surface area contributed by atoms with Crippen LogP contribution in [0.2, 0.25) is 0 Å². The molecule has 0 aliphatic heterocycles. The zero-order chi connectivity index (χ0) is 12.0. The number of methoxy groups -OCH3 is 1. The van der Waals surface area contributed by atoms with Gasteiger partial charge < -0.3 is 15.6 Å². The van der Waals surface area contributed by atoms with Crippen LogP contribution in [0.4, 0.5) is 0 Å². The van der Waals surface area contributed by atoms with Crippen molar-refractivity contribution in [3.63, 3.8) is 0 Å². The van der Waals surface area contributed by atoms with Gasteiger partial charge in [-0.1, -0.05) is 30.3 Å². The summed E-state index contributed by atoms with van der Waals surface area (Å²) in [7, 11) is 1.55. The molecular formula is C12H17NO3. The quantitative estimate of drug-likeness (QED) is 0.754. The summed E-state index contributed by atoms with van der Waals surface area (Å²) in [6, 6.07) is 9.40. The Balaban J connectivity index is 3.06. The molecule has 4 heteroatoms. The van der Waals surface area contributed by atoms with Crippen molar-refractivity contribution in [2.45, 2.75) is 11.8 Å². The molecule has 1 aromatic rings. The highest BCUT2D eigenvalue weighted by atomic mass is 16.5. The lowest BCUT2D eigenvalue weighted by atomic mass is 9.78. The molecule has 0 fully saturated rings. The third-order valence-corrected chi connectivity index (χ3v) is 2.69. The molecule has 0 aliphatic carbocycles. The molecule has 1 unspecified atom stereocenters. The minimum atomic E-state index is -0.869. The van der Waals surface area contributed by atoms with E-state index in [0.29, 0.717) is 6.61 Å². The molecule has 0 spiro atoms. The molecule has 0 saturated heterocycles. The Labute approximate surface area is 95.0 Å². The van der Waals surface area contributed by atoms with Gasteiger partial charge in [0, 0.05) is 19.1 Å². The maximum absolute atomic E-state index is 10.9. The second kappa shape index (κ2) is 5.63. The number of hydrogen-bond acceptors (Lipinski definition) is 3. The summed E-state index contributed by atoms with van der Waals surface area (Å²) in [6.45, 7) is 0.553. The van der Waals surface area contributed by atoms with Crippen molar-refractivity contribution in [1.82, 2.24) is 0 Å². The third-order valence-electron chi connectivity index (χ3n) is 2.69. The fourth-order valence-electron chi connectivity index (χ4n) is 1.84. The largest absolute Gasteiger partial charge is 0.481 e. The Morgan fingerprint density at radius 3 is 2.50 bits per heavy atom. The predicted molar refractivity (Wildman–Crippen MR) is 61.3 cm³/mol. The van der Waals surface area contributed by atoms with Gasteiger partial charge in [0.15, 0.2) is 0 Å². The van der Waals surface area contributed by atoms with Crippen LogP contribution in [0.5, 0.6) is 0 Å². The molecule has 0 amide bonds. The van der Waals surface area contributed by atoms with Crippen molar-refractivity contribution >= 4 is 5.97 Å². The van der Waals surface area contributed by atoms with Gasteiger partial charge in [0.05, 0.1) is 13.0 Å². The molecule has 0 aliphatic rings. The Morgan fingerprint density at radius 1 is 1.44 bits per heavy atom. The first kappa shape index (κ1) is 12.7. The number of carboxylic acids is 1. The molecule has 4 nitrogen and oxygen atoms in total. The van der Waals surface area contributed by atoms with Gasteiger partial charge in [-0.25, -0.2) is 0 Å². The maximum Gasteiger partial charge on any atom is 0.304 e. The number of rotatable bonds is 6. The van der Waals surface area contributed by atoms with E-state index in [1.807, 2.05) is 30.3 Å². The van der Waals surface area contributed by atoms with Gasteiger partial charge in [0.1, 0.15) is 0 Å². The molecule has 88 valence electrons. The molecule has 1 rings (SSSR count). The summed E-state index contributed by atoms with van der Waals surface area (Å²) < 4.78 is 5.11. The maximum atomic E-state index is 10.9. The standard InChI is InChI=1S/C12H17NO3/c1-16-9-12(8-13,7-11(14)15)10-5-3-2-4-6-10/h2-6H,7-9,13H2,1H3,(H,14,15). The highest BCUT2D eigenvalue weighted by Gasteiger charge is 2.33. The Morgan fingerprint density at radius 2 is 2.06 bits per heavy atom. The Bertz CT molecular complexity index is 339. The van der Waals surface area contributed by atoms with E-state index in [2.05, 4.69) is 0 Å². The van der Waals surface area contributed by atoms with E-state index in [1.165, 1.54) is 0 Å². The fourth-order valence-corrected chi connectivity index (χ4v) is 1.84. The second-order valence-corrected chi connectivity index (χ2v) is 3.85. The molecular weight excluding hydrogens is 206 g/mol. The van der Waals surface area contributed by atoms with E-state index in [9.17, 15) is 4.79 Å². The van der Waals surface area contributed by atoms with Gasteiger partial charge in [-0.2, -0.15) is 0 Å². The van der Waals surface area contributed by atoms with Crippen LogP contribution in [-0.4, -0.2) is 31.3 Å². The SMILES string of the molecule is COCC(CN)(CC(=O)O)c1ccccc1. The molecule has 0 aromatic heterocycles. The highest BCUT2D eigenvalue weighted by molar-refractivity contribution is 5.69. The molecule has 3 N–H and O–H groups in total. The van der Waals surface area contributed by atoms with E-state index in [4.69, 9.17) is 15.6 Å². The zero-order valence-electron chi connectivity index (χ0n) is 9.35. The lowest BCUT2D eigenvalue weighted by Gasteiger charge is -2.30. The van der Waals surface area contributed by atoms with Gasteiger partial charge in [-0.15, -0.1) is 0 Å². The van der Waals surface area contributed by atoms with Crippen molar-refractivity contribution in [3.8, 4) is 0 Å². The minimum absolute atomic E-state index is 0.0264. The van der Waals surface area contributed by atoms with E-state index in [1.54, 1.807) is 7.11 Å². The molecule has 1 atom stereocenters. The number of hydrogen-bond donors (Lipinski definition) is 2. The first-order chi connectivity index (χ1) is 7.64. The second-order valence-electron chi connectivity index (χ2n) is 3.85. The van der Waals surface area contributed by atoms with E-state index >= 15 is 0 Å². The van der Waals surface area contributed by atoms with Gasteiger partial charge in [0.2, 0.25) is 0 Å². The van der Waals surface area contributed by atoms with Crippen LogP contribution in [0.3, 0.4) is 0 Å². The number of benzene rings is 1. The summed E-state index contributed by atoms with van der Waals surface area (Å²) in [6.07, 6.45) is -0.0264. The van der Waals surface area contributed by atoms with Crippen LogP contribution in [0.1, 0.15) is 12.0 Å². The number of nitrogens with two attached hydrogens (primary N) is 1. The van der Waals surface area contributed by atoms with Crippen LogP contribution in [0, 0.1) is 0 Å². The summed E-state index contributed by atoms with van der Waals surface area (Å²) in [5.41, 5.74) is 6.00. The zero-order valence-corrected chi connectivity index (χ0v) is 9.35. The predicted octanol–water partition coefficient (Wildman–Crippen LogP) is 1.00. The number of carbonyl (C=O) groups is 1. The van der Waals surface area contributed by atoms with Crippen LogP contribution in [0.25, 0.3) is 0 Å². The van der Waals surface area contributed by atoms with Crippen LogP contribution >= 0.6 is 0 Å².